The third-order valence-electron chi connectivity index (χ3n) is 2.63. The molecule has 0 radical (unpaired) electrons. The van der Waals surface area contributed by atoms with Crippen molar-refractivity contribution in [1.29, 1.82) is 0 Å². The molecule has 0 saturated carbocycles. The smallest absolute Gasteiger partial charge is 0.103 e. The van der Waals surface area contributed by atoms with Gasteiger partial charge in [0.15, 0.2) is 0 Å². The molecule has 0 fully saturated rings. The molecule has 0 aliphatic carbocycles. The molecule has 5 heteroatoms. The lowest BCUT2D eigenvalue weighted by Crippen LogP contribution is -2.11. The summed E-state index contributed by atoms with van der Waals surface area (Å²) < 4.78 is 0. The van der Waals surface area contributed by atoms with Crippen LogP contribution in [0, 0.1) is 0 Å². The molecule has 0 unspecified atom stereocenters. The number of nitrogens with zero attached hydrogens (tertiary/aromatic N) is 1. The Labute approximate surface area is 127 Å². The van der Waals surface area contributed by atoms with Crippen LogP contribution in [0.1, 0.15) is 31.5 Å². The molecule has 0 amide bonds. The average molecular weight is 313 g/mol. The summed E-state index contributed by atoms with van der Waals surface area (Å²) in [5.41, 5.74) is 7.63. The molecule has 2 rings (SSSR count). The molecule has 0 atom stereocenters. The van der Waals surface area contributed by atoms with Crippen molar-refractivity contribution < 1.29 is 0 Å². The normalized spacial score (nSPS) is 11.8. The fraction of sp³-hybridized carbons (Fsp3) is 0.357. The second-order valence-corrected chi connectivity index (χ2v) is 7.72. The predicted octanol–water partition coefficient (Wildman–Crippen LogP) is 4.97. The van der Waals surface area contributed by atoms with E-state index in [1.807, 2.05) is 12.1 Å². The fourth-order valence-electron chi connectivity index (χ4n) is 1.50. The van der Waals surface area contributed by atoms with Gasteiger partial charge in [-0.2, -0.15) is 0 Å². The summed E-state index contributed by atoms with van der Waals surface area (Å²) in [6.45, 7) is 6.53. The molecule has 1 aromatic carbocycles. The van der Waals surface area contributed by atoms with E-state index >= 15 is 0 Å². The molecule has 2 aromatic rings. The Bertz CT molecular complexity index is 573. The minimum atomic E-state index is 0.109. The number of benzene rings is 1. The van der Waals surface area contributed by atoms with Crippen LogP contribution in [0.3, 0.4) is 0 Å². The second-order valence-electron chi connectivity index (χ2n) is 5.36. The van der Waals surface area contributed by atoms with E-state index in [2.05, 4.69) is 31.1 Å². The number of nitrogens with two attached hydrogens (primary N) is 1. The number of hydrogen-bond acceptors (Lipinski definition) is 4. The minimum absolute atomic E-state index is 0.109. The van der Waals surface area contributed by atoms with Crippen LogP contribution in [0.15, 0.2) is 28.5 Å². The van der Waals surface area contributed by atoms with Crippen molar-refractivity contribution in [2.45, 2.75) is 36.8 Å². The van der Waals surface area contributed by atoms with Crippen LogP contribution >= 0.6 is 34.7 Å². The van der Waals surface area contributed by atoms with E-state index in [4.69, 9.17) is 17.3 Å². The first kappa shape index (κ1) is 14.7. The van der Waals surface area contributed by atoms with E-state index in [-0.39, 0.29) is 5.41 Å². The molecule has 2 nitrogen and oxygen atoms in total. The number of hydrogen-bond donors (Lipinski definition) is 1. The van der Waals surface area contributed by atoms with Gasteiger partial charge in [0.2, 0.25) is 0 Å². The van der Waals surface area contributed by atoms with E-state index in [1.54, 1.807) is 29.2 Å². The molecular weight excluding hydrogens is 296 g/mol. The maximum atomic E-state index is 6.16. The second kappa shape index (κ2) is 5.73. The van der Waals surface area contributed by atoms with Gasteiger partial charge in [0.1, 0.15) is 5.01 Å². The minimum Gasteiger partial charge on any atom is -0.399 e. The lowest BCUT2D eigenvalue weighted by molar-refractivity contribution is 0.572. The number of thioether (sulfide) groups is 1. The number of rotatable bonds is 3. The van der Waals surface area contributed by atoms with Gasteiger partial charge in [-0.05, 0) is 18.2 Å². The maximum Gasteiger partial charge on any atom is 0.103 e. The van der Waals surface area contributed by atoms with Crippen molar-refractivity contribution >= 4 is 40.4 Å². The lowest BCUT2D eigenvalue weighted by atomic mass is 9.93. The summed E-state index contributed by atoms with van der Waals surface area (Å²) in [6.07, 6.45) is 0. The molecule has 19 heavy (non-hydrogen) atoms. The Hall–Kier alpha value is -0.710. The number of thiazole rings is 1. The van der Waals surface area contributed by atoms with E-state index in [0.29, 0.717) is 10.7 Å². The Morgan fingerprint density at radius 1 is 1.37 bits per heavy atom. The quantitative estimate of drug-likeness (QED) is 0.642. The van der Waals surface area contributed by atoms with Crippen molar-refractivity contribution in [2.75, 3.05) is 5.73 Å². The Morgan fingerprint density at radius 3 is 2.68 bits per heavy atom. The zero-order chi connectivity index (χ0) is 14.0. The monoisotopic (exact) mass is 312 g/mol. The predicted molar refractivity (Wildman–Crippen MR) is 86.2 cm³/mol. The van der Waals surface area contributed by atoms with E-state index in [0.717, 1.165) is 21.3 Å². The number of aromatic nitrogens is 1. The van der Waals surface area contributed by atoms with Crippen molar-refractivity contribution in [3.8, 4) is 0 Å². The zero-order valence-electron chi connectivity index (χ0n) is 11.2. The molecule has 0 saturated heterocycles. The third-order valence-corrected chi connectivity index (χ3v) is 5.17. The van der Waals surface area contributed by atoms with Crippen molar-refractivity contribution in [3.05, 3.63) is 39.3 Å². The van der Waals surface area contributed by atoms with Gasteiger partial charge < -0.3 is 5.73 Å². The molecule has 0 aliphatic heterocycles. The van der Waals surface area contributed by atoms with Crippen molar-refractivity contribution in [3.63, 3.8) is 0 Å². The highest BCUT2D eigenvalue weighted by atomic mass is 35.5. The summed E-state index contributed by atoms with van der Waals surface area (Å²) in [5.74, 6) is 0.838. The van der Waals surface area contributed by atoms with Gasteiger partial charge in [-0.3, -0.25) is 0 Å². The standard InChI is InChI=1S/C14H17ClN2S2/c1-14(2,3)12-7-19-13(17-12)8-18-11-5-4-9(16)6-10(11)15/h4-7H,8,16H2,1-3H3. The highest BCUT2D eigenvalue weighted by Gasteiger charge is 2.17. The van der Waals surface area contributed by atoms with Crippen molar-refractivity contribution in [1.82, 2.24) is 4.98 Å². The largest absolute Gasteiger partial charge is 0.399 e. The number of nitrogen functional groups attached to an aromatic ring is 1. The molecule has 0 spiro atoms. The van der Waals surface area contributed by atoms with Gasteiger partial charge in [-0.1, -0.05) is 32.4 Å². The Balaban J connectivity index is 2.04. The zero-order valence-corrected chi connectivity index (χ0v) is 13.6. The van der Waals surface area contributed by atoms with Crippen LogP contribution in [0.25, 0.3) is 0 Å². The van der Waals surface area contributed by atoms with Gasteiger partial charge in [0.25, 0.3) is 0 Å². The average Bonchev–Trinajstić information content (AvgIpc) is 2.76. The topological polar surface area (TPSA) is 38.9 Å². The first-order valence-corrected chi connectivity index (χ1v) is 8.23. The van der Waals surface area contributed by atoms with Gasteiger partial charge >= 0.3 is 0 Å². The Morgan fingerprint density at radius 2 is 2.11 bits per heavy atom. The molecular formula is C14H17ClN2S2. The Kier molecular flexibility index (Phi) is 4.43. The SMILES string of the molecule is CC(C)(C)c1csc(CSc2ccc(N)cc2Cl)n1. The number of halogens is 1. The van der Waals surface area contributed by atoms with Crippen LogP contribution in [0.5, 0.6) is 0 Å². The number of anilines is 1. The highest BCUT2D eigenvalue weighted by molar-refractivity contribution is 7.98. The molecule has 0 aliphatic rings. The van der Waals surface area contributed by atoms with Gasteiger partial charge in [0.05, 0.1) is 16.5 Å². The molecule has 1 heterocycles. The molecule has 0 bridgehead atoms. The van der Waals surface area contributed by atoms with E-state index < -0.39 is 0 Å². The van der Waals surface area contributed by atoms with Crippen molar-refractivity contribution in [2.24, 2.45) is 0 Å². The van der Waals surface area contributed by atoms with Crippen LogP contribution in [-0.2, 0) is 11.2 Å². The molecule has 2 N–H and O–H groups in total. The lowest BCUT2D eigenvalue weighted by Gasteiger charge is -2.14. The summed E-state index contributed by atoms with van der Waals surface area (Å²) in [7, 11) is 0. The fourth-order valence-corrected chi connectivity index (χ4v) is 3.81. The summed E-state index contributed by atoms with van der Waals surface area (Å²) >= 11 is 9.55. The summed E-state index contributed by atoms with van der Waals surface area (Å²) in [6, 6.07) is 5.61. The first-order chi connectivity index (χ1) is 8.86. The summed E-state index contributed by atoms with van der Waals surface area (Å²) in [5, 5.41) is 3.97. The first-order valence-electron chi connectivity index (χ1n) is 5.99. The third kappa shape index (κ3) is 3.88. The van der Waals surface area contributed by atoms with Crippen LogP contribution in [0.2, 0.25) is 5.02 Å². The van der Waals surface area contributed by atoms with Crippen LogP contribution in [-0.4, -0.2) is 4.98 Å². The molecule has 102 valence electrons. The molecule has 1 aromatic heterocycles. The van der Waals surface area contributed by atoms with Crippen LogP contribution in [0.4, 0.5) is 5.69 Å². The maximum absolute atomic E-state index is 6.16. The highest BCUT2D eigenvalue weighted by Crippen LogP contribution is 2.33. The van der Waals surface area contributed by atoms with Gasteiger partial charge in [-0.15, -0.1) is 23.1 Å². The van der Waals surface area contributed by atoms with Crippen LogP contribution < -0.4 is 5.73 Å². The van der Waals surface area contributed by atoms with Gasteiger partial charge in [-0.25, -0.2) is 4.98 Å². The van der Waals surface area contributed by atoms with Gasteiger partial charge in [0, 0.05) is 21.4 Å². The van der Waals surface area contributed by atoms with E-state index in [9.17, 15) is 0 Å². The van der Waals surface area contributed by atoms with E-state index in [1.165, 1.54) is 0 Å². The summed E-state index contributed by atoms with van der Waals surface area (Å²) in [4.78, 5) is 5.72.